The topological polar surface area (TPSA) is 52.0 Å². The van der Waals surface area contributed by atoms with E-state index in [-0.39, 0.29) is 0 Å². The number of nitrogens with two attached hydrogens (primary N) is 2. The summed E-state index contributed by atoms with van der Waals surface area (Å²) in [5.41, 5.74) is 13.2. The van der Waals surface area contributed by atoms with Crippen LogP contribution in [0.1, 0.15) is 5.56 Å². The molecule has 0 fully saturated rings. The van der Waals surface area contributed by atoms with Crippen LogP contribution in [-0.4, -0.2) is 0 Å². The molecule has 4 heteroatoms. The van der Waals surface area contributed by atoms with Crippen molar-refractivity contribution in [3.05, 3.63) is 23.8 Å². The fourth-order valence-electron chi connectivity index (χ4n) is 1.28. The molecular weight excluding hydrogens is 204 g/mol. The van der Waals surface area contributed by atoms with Gasteiger partial charge < -0.3 is 11.5 Å². The molecule has 0 aliphatic heterocycles. The molecule has 1 aromatic carbocycles. The lowest BCUT2D eigenvalue weighted by Crippen LogP contribution is -1.90. The van der Waals surface area contributed by atoms with E-state index in [0.29, 0.717) is 5.88 Å². The highest BCUT2D eigenvalue weighted by molar-refractivity contribution is 7.22. The third kappa shape index (κ3) is 1.45. The fraction of sp³-hybridized carbons (Fsp3) is 0.111. The lowest BCUT2D eigenvalue weighted by Gasteiger charge is -2.00. The first-order chi connectivity index (χ1) is 6.20. The molecule has 0 saturated heterocycles. The molecule has 2 nitrogen and oxygen atoms in total. The van der Waals surface area contributed by atoms with E-state index in [1.165, 1.54) is 0 Å². The molecule has 1 aromatic heterocycles. The molecular formula is C9H9ClN2S. The van der Waals surface area contributed by atoms with Gasteiger partial charge in [-0.2, -0.15) is 0 Å². The van der Waals surface area contributed by atoms with Gasteiger partial charge in [0.1, 0.15) is 0 Å². The third-order valence-corrected chi connectivity index (χ3v) is 3.16. The van der Waals surface area contributed by atoms with Crippen LogP contribution in [0.5, 0.6) is 0 Å². The monoisotopic (exact) mass is 212 g/mol. The first-order valence-electron chi connectivity index (χ1n) is 3.84. The van der Waals surface area contributed by atoms with E-state index in [1.54, 1.807) is 11.3 Å². The quantitative estimate of drug-likeness (QED) is 0.564. The lowest BCUT2D eigenvalue weighted by molar-refractivity contribution is 1.43. The maximum absolute atomic E-state index is 5.79. The number of fused-ring (bicyclic) bond motifs is 1. The van der Waals surface area contributed by atoms with E-state index in [4.69, 9.17) is 23.1 Å². The Balaban J connectivity index is 2.72. The summed E-state index contributed by atoms with van der Waals surface area (Å²) in [6, 6.07) is 5.84. The Morgan fingerprint density at radius 2 is 2.00 bits per heavy atom. The van der Waals surface area contributed by atoms with Gasteiger partial charge in [-0.15, -0.1) is 22.9 Å². The summed E-state index contributed by atoms with van der Waals surface area (Å²) in [6.45, 7) is 0. The average molecular weight is 213 g/mol. The standard InChI is InChI=1S/C9H9ClN2S/c10-4-6-2-8-5(1-7(6)11)3-9(12)13-8/h1-3H,4,11-12H2. The van der Waals surface area contributed by atoms with Crippen molar-refractivity contribution in [3.63, 3.8) is 0 Å². The largest absolute Gasteiger partial charge is 0.398 e. The van der Waals surface area contributed by atoms with Gasteiger partial charge in [0.15, 0.2) is 0 Å². The van der Waals surface area contributed by atoms with Crippen molar-refractivity contribution in [1.82, 2.24) is 0 Å². The van der Waals surface area contributed by atoms with Crippen LogP contribution in [-0.2, 0) is 5.88 Å². The molecule has 0 unspecified atom stereocenters. The molecule has 2 rings (SSSR count). The SMILES string of the molecule is Nc1cc2cc(N)c(CCl)cc2s1. The summed E-state index contributed by atoms with van der Waals surface area (Å²) in [6.07, 6.45) is 0. The van der Waals surface area contributed by atoms with Gasteiger partial charge in [0.05, 0.1) is 5.00 Å². The van der Waals surface area contributed by atoms with E-state index >= 15 is 0 Å². The minimum atomic E-state index is 0.444. The molecule has 0 saturated carbocycles. The Kier molecular flexibility index (Phi) is 2.06. The van der Waals surface area contributed by atoms with Crippen LogP contribution in [0.15, 0.2) is 18.2 Å². The number of anilines is 2. The van der Waals surface area contributed by atoms with Crippen molar-refractivity contribution >= 4 is 43.7 Å². The van der Waals surface area contributed by atoms with Crippen molar-refractivity contribution in [2.24, 2.45) is 0 Å². The molecule has 0 bridgehead atoms. The summed E-state index contributed by atoms with van der Waals surface area (Å²) >= 11 is 7.29. The number of thiophene rings is 1. The predicted molar refractivity (Wildman–Crippen MR) is 60.2 cm³/mol. The minimum Gasteiger partial charge on any atom is -0.398 e. The van der Waals surface area contributed by atoms with E-state index in [9.17, 15) is 0 Å². The lowest BCUT2D eigenvalue weighted by atomic mass is 10.1. The Bertz CT molecular complexity index is 450. The normalized spacial score (nSPS) is 10.8. The zero-order valence-electron chi connectivity index (χ0n) is 6.88. The van der Waals surface area contributed by atoms with Gasteiger partial charge in [-0.25, -0.2) is 0 Å². The second-order valence-corrected chi connectivity index (χ2v) is 4.25. The zero-order chi connectivity index (χ0) is 9.42. The number of rotatable bonds is 1. The van der Waals surface area contributed by atoms with Gasteiger partial charge in [0.25, 0.3) is 0 Å². The van der Waals surface area contributed by atoms with Crippen LogP contribution >= 0.6 is 22.9 Å². The third-order valence-electron chi connectivity index (χ3n) is 1.94. The van der Waals surface area contributed by atoms with Crippen LogP contribution in [0.25, 0.3) is 10.1 Å². The summed E-state index contributed by atoms with van der Waals surface area (Å²) in [4.78, 5) is 0. The molecule has 4 N–H and O–H groups in total. The molecule has 2 aromatic rings. The van der Waals surface area contributed by atoms with Crippen LogP contribution in [0.2, 0.25) is 0 Å². The number of benzene rings is 1. The van der Waals surface area contributed by atoms with Crippen LogP contribution < -0.4 is 11.5 Å². The number of nitrogen functional groups attached to an aromatic ring is 2. The molecule has 0 amide bonds. The average Bonchev–Trinajstić information content (AvgIpc) is 2.42. The summed E-state index contributed by atoms with van der Waals surface area (Å²) in [5, 5.41) is 1.90. The van der Waals surface area contributed by atoms with E-state index in [1.807, 2.05) is 18.2 Å². The molecule has 68 valence electrons. The van der Waals surface area contributed by atoms with Gasteiger partial charge in [-0.3, -0.25) is 0 Å². The predicted octanol–water partition coefficient (Wildman–Crippen LogP) is 2.80. The molecule has 0 radical (unpaired) electrons. The molecule has 13 heavy (non-hydrogen) atoms. The highest BCUT2D eigenvalue weighted by atomic mass is 35.5. The van der Waals surface area contributed by atoms with Crippen molar-refractivity contribution in [1.29, 1.82) is 0 Å². The zero-order valence-corrected chi connectivity index (χ0v) is 8.45. The van der Waals surface area contributed by atoms with Gasteiger partial charge in [0, 0.05) is 16.3 Å². The summed E-state index contributed by atoms with van der Waals surface area (Å²) in [7, 11) is 0. The molecule has 0 atom stereocenters. The fourth-order valence-corrected chi connectivity index (χ4v) is 2.39. The van der Waals surface area contributed by atoms with Crippen LogP contribution in [0.4, 0.5) is 10.7 Å². The smallest absolute Gasteiger partial charge is 0.0868 e. The van der Waals surface area contributed by atoms with Crippen molar-refractivity contribution in [2.75, 3.05) is 11.5 Å². The first-order valence-corrected chi connectivity index (χ1v) is 5.19. The number of hydrogen-bond donors (Lipinski definition) is 2. The van der Waals surface area contributed by atoms with E-state index < -0.39 is 0 Å². The van der Waals surface area contributed by atoms with Crippen molar-refractivity contribution in [2.45, 2.75) is 5.88 Å². The molecule has 0 aliphatic carbocycles. The van der Waals surface area contributed by atoms with Crippen LogP contribution in [0, 0.1) is 0 Å². The molecule has 1 heterocycles. The maximum Gasteiger partial charge on any atom is 0.0868 e. The Labute approximate surface area is 85.1 Å². The minimum absolute atomic E-state index is 0.444. The van der Waals surface area contributed by atoms with Gasteiger partial charge >= 0.3 is 0 Å². The number of alkyl halides is 1. The summed E-state index contributed by atoms with van der Waals surface area (Å²) in [5.74, 6) is 0.444. The van der Waals surface area contributed by atoms with Crippen molar-refractivity contribution < 1.29 is 0 Å². The Morgan fingerprint density at radius 1 is 1.23 bits per heavy atom. The van der Waals surface area contributed by atoms with E-state index in [0.717, 1.165) is 26.3 Å². The highest BCUT2D eigenvalue weighted by Gasteiger charge is 2.03. The summed E-state index contributed by atoms with van der Waals surface area (Å²) < 4.78 is 1.14. The molecule has 0 aliphatic rings. The number of halogens is 1. The Hall–Kier alpha value is -0.930. The van der Waals surface area contributed by atoms with Gasteiger partial charge in [0.2, 0.25) is 0 Å². The van der Waals surface area contributed by atoms with Crippen LogP contribution in [0.3, 0.4) is 0 Å². The van der Waals surface area contributed by atoms with Crippen molar-refractivity contribution in [3.8, 4) is 0 Å². The Morgan fingerprint density at radius 3 is 2.69 bits per heavy atom. The molecule has 0 spiro atoms. The van der Waals surface area contributed by atoms with Gasteiger partial charge in [-0.1, -0.05) is 0 Å². The van der Waals surface area contributed by atoms with E-state index in [2.05, 4.69) is 0 Å². The highest BCUT2D eigenvalue weighted by Crippen LogP contribution is 2.31. The van der Waals surface area contributed by atoms with Gasteiger partial charge in [-0.05, 0) is 29.1 Å². The number of hydrogen-bond acceptors (Lipinski definition) is 3. The second kappa shape index (κ2) is 3.09. The second-order valence-electron chi connectivity index (χ2n) is 2.87. The first kappa shape index (κ1) is 8.66. The maximum atomic E-state index is 5.79.